The minimum absolute atomic E-state index is 0.0113. The third-order valence-corrected chi connectivity index (χ3v) is 13.3. The zero-order valence-electron chi connectivity index (χ0n) is 30.9. The normalized spacial score (nSPS) is 26.3. The number of aromatic nitrogens is 2. The standard InChI is InChI=1S/2C18H17F6N3O2S/c2*19-17(20,21)11-7-30-16(26-11)27-3-1-8(2-4-27)14-12-9(6-25-14)5-10(28)15(29)13(12)18(22,23)24/h2*7-8,13,15,29H,1-6H2/t2*13-,15+/m10/s1. The van der Waals surface area contributed by atoms with Crippen molar-refractivity contribution in [2.24, 2.45) is 33.7 Å². The van der Waals surface area contributed by atoms with Gasteiger partial charge in [0.2, 0.25) is 0 Å². The van der Waals surface area contributed by atoms with Crippen molar-refractivity contribution in [3.63, 3.8) is 0 Å². The van der Waals surface area contributed by atoms with Gasteiger partial charge in [-0.05, 0) is 48.0 Å². The van der Waals surface area contributed by atoms with Gasteiger partial charge in [-0.3, -0.25) is 19.6 Å². The Morgan fingerprint density at radius 2 is 0.900 bits per heavy atom. The van der Waals surface area contributed by atoms with Gasteiger partial charge in [-0.1, -0.05) is 0 Å². The van der Waals surface area contributed by atoms with Gasteiger partial charge in [-0.15, -0.1) is 22.7 Å². The summed E-state index contributed by atoms with van der Waals surface area (Å²) in [5.74, 6) is -6.90. The number of hydrogen-bond donors (Lipinski definition) is 2. The molecule has 2 N–H and O–H groups in total. The predicted octanol–water partition coefficient (Wildman–Crippen LogP) is 7.28. The van der Waals surface area contributed by atoms with E-state index in [2.05, 4.69) is 20.0 Å². The number of carbonyl (C=O) groups excluding carboxylic acids is 2. The second kappa shape index (κ2) is 16.1. The molecule has 0 saturated carbocycles. The second-order valence-corrected chi connectivity index (χ2v) is 16.9. The average Bonchev–Trinajstić information content (AvgIpc) is 3.98. The Labute approximate surface area is 340 Å². The fraction of sp³-hybridized carbons (Fsp3) is 0.611. The number of aliphatic hydroxyl groups excluding tert-OH is 2. The van der Waals surface area contributed by atoms with Crippen molar-refractivity contribution in [3.8, 4) is 0 Å². The van der Waals surface area contributed by atoms with Crippen molar-refractivity contribution < 1.29 is 72.5 Å². The number of nitrogens with zero attached hydrogens (tertiary/aromatic N) is 6. The first-order chi connectivity index (χ1) is 27.9. The Balaban J connectivity index is 0.000000181. The quantitative estimate of drug-likeness (QED) is 0.307. The molecule has 4 atom stereocenters. The molecule has 2 saturated heterocycles. The van der Waals surface area contributed by atoms with Gasteiger partial charge in [-0.25, -0.2) is 9.97 Å². The van der Waals surface area contributed by atoms with E-state index in [9.17, 15) is 72.5 Å². The molecule has 0 amide bonds. The van der Waals surface area contributed by atoms with Crippen LogP contribution in [0.1, 0.15) is 49.9 Å². The van der Waals surface area contributed by atoms with Gasteiger partial charge in [0, 0.05) is 73.0 Å². The van der Waals surface area contributed by atoms with E-state index in [4.69, 9.17) is 0 Å². The summed E-state index contributed by atoms with van der Waals surface area (Å²) in [6, 6.07) is 0. The maximum Gasteiger partial charge on any atom is 0.434 e. The van der Waals surface area contributed by atoms with E-state index in [0.717, 1.165) is 33.4 Å². The molecule has 24 heteroatoms. The summed E-state index contributed by atoms with van der Waals surface area (Å²) >= 11 is 1.75. The van der Waals surface area contributed by atoms with Crippen LogP contribution in [0.5, 0.6) is 0 Å². The van der Waals surface area contributed by atoms with Crippen LogP contribution in [0.4, 0.5) is 62.9 Å². The lowest BCUT2D eigenvalue weighted by molar-refractivity contribution is -0.191. The highest BCUT2D eigenvalue weighted by Crippen LogP contribution is 2.47. The Hall–Kier alpha value is -3.90. The van der Waals surface area contributed by atoms with Crippen molar-refractivity contribution in [2.45, 2.75) is 75.4 Å². The lowest BCUT2D eigenvalue weighted by Gasteiger charge is -2.36. The van der Waals surface area contributed by atoms with Gasteiger partial charge in [0.25, 0.3) is 0 Å². The Bertz CT molecular complexity index is 1970. The first-order valence-corrected chi connectivity index (χ1v) is 20.3. The number of aliphatic imine (C=N–C) groups is 2. The molecule has 60 heavy (non-hydrogen) atoms. The number of hydrogen-bond acceptors (Lipinski definition) is 12. The lowest BCUT2D eigenvalue weighted by Crippen LogP contribution is -2.46. The van der Waals surface area contributed by atoms with Crippen LogP contribution in [0.2, 0.25) is 0 Å². The van der Waals surface area contributed by atoms with Crippen LogP contribution in [0.25, 0.3) is 0 Å². The summed E-state index contributed by atoms with van der Waals surface area (Å²) < 4.78 is 158. The second-order valence-electron chi connectivity index (χ2n) is 15.2. The molecule has 0 unspecified atom stereocenters. The zero-order valence-corrected chi connectivity index (χ0v) is 32.5. The largest absolute Gasteiger partial charge is 0.434 e. The van der Waals surface area contributed by atoms with Gasteiger partial charge in [0.1, 0.15) is 24.0 Å². The van der Waals surface area contributed by atoms with Crippen LogP contribution in [-0.2, 0) is 21.9 Å². The SMILES string of the molecule is O=C1CC2=C(C(C3CCN(c4nc(C(F)(F)F)cs4)CC3)=NC2)[C@@H](C(F)(F)F)[C@H]1O.O=C1CC2=C(C(C3CCN(c4nc(C(F)(F)F)cs4)CC3)=NC2)[C@H](C(F)(F)F)[C@@H]1O. The van der Waals surface area contributed by atoms with Crippen LogP contribution in [-0.4, -0.2) is 107 Å². The molecule has 2 fully saturated rings. The number of piperidine rings is 2. The van der Waals surface area contributed by atoms with E-state index in [1.807, 2.05) is 0 Å². The first kappa shape index (κ1) is 44.2. The monoisotopic (exact) mass is 906 g/mol. The van der Waals surface area contributed by atoms with Gasteiger partial charge in [0.05, 0.1) is 13.1 Å². The minimum atomic E-state index is -4.78. The highest BCUT2D eigenvalue weighted by molar-refractivity contribution is 7.14. The van der Waals surface area contributed by atoms with Gasteiger partial charge >= 0.3 is 24.7 Å². The Morgan fingerprint density at radius 1 is 0.567 bits per heavy atom. The molecule has 0 spiro atoms. The molecule has 10 nitrogen and oxygen atoms in total. The van der Waals surface area contributed by atoms with Crippen molar-refractivity contribution >= 4 is 55.9 Å². The topological polar surface area (TPSA) is 132 Å². The number of rotatable bonds is 4. The summed E-state index contributed by atoms with van der Waals surface area (Å²) in [5.41, 5.74) is -0.910. The number of anilines is 2. The summed E-state index contributed by atoms with van der Waals surface area (Å²) in [6.07, 6.45) is -21.8. The van der Waals surface area contributed by atoms with Crippen LogP contribution in [0.15, 0.2) is 43.0 Å². The van der Waals surface area contributed by atoms with Crippen molar-refractivity contribution in [2.75, 3.05) is 49.1 Å². The predicted molar refractivity (Wildman–Crippen MR) is 193 cm³/mol. The summed E-state index contributed by atoms with van der Waals surface area (Å²) in [4.78, 5) is 42.8. The van der Waals surface area contributed by atoms with Crippen LogP contribution in [0, 0.1) is 23.7 Å². The molecule has 328 valence electrons. The van der Waals surface area contributed by atoms with Crippen LogP contribution < -0.4 is 9.80 Å². The number of halogens is 12. The highest BCUT2D eigenvalue weighted by Gasteiger charge is 2.56. The molecule has 2 aliphatic carbocycles. The fourth-order valence-electron chi connectivity index (χ4n) is 8.59. The van der Waals surface area contributed by atoms with Crippen molar-refractivity contribution in [3.05, 3.63) is 44.4 Å². The first-order valence-electron chi connectivity index (χ1n) is 18.6. The molecule has 0 bridgehead atoms. The van der Waals surface area contributed by atoms with Crippen molar-refractivity contribution in [1.82, 2.24) is 9.97 Å². The highest BCUT2D eigenvalue weighted by atomic mass is 32.1. The van der Waals surface area contributed by atoms with E-state index in [1.165, 1.54) is 0 Å². The number of ketones is 2. The Kier molecular flexibility index (Phi) is 11.8. The molecular formula is C36H34F12N6O4S2. The third-order valence-electron chi connectivity index (χ3n) is 11.5. The maximum absolute atomic E-state index is 13.6. The lowest BCUT2D eigenvalue weighted by atomic mass is 9.74. The molecule has 0 aromatic carbocycles. The van der Waals surface area contributed by atoms with Gasteiger partial charge in [0.15, 0.2) is 33.2 Å². The van der Waals surface area contributed by atoms with Gasteiger partial charge in [-0.2, -0.15) is 52.7 Å². The smallest absolute Gasteiger partial charge is 0.384 e. The Morgan fingerprint density at radius 3 is 1.18 bits per heavy atom. The molecule has 2 aromatic heterocycles. The van der Waals surface area contributed by atoms with E-state index in [0.29, 0.717) is 63.0 Å². The summed E-state index contributed by atoms with van der Waals surface area (Å²) in [5, 5.41) is 22.2. The third kappa shape index (κ3) is 8.74. The molecular weight excluding hydrogens is 873 g/mol. The number of aliphatic hydroxyl groups is 2. The van der Waals surface area contributed by atoms with E-state index < -0.39 is 71.7 Å². The van der Waals surface area contributed by atoms with Crippen molar-refractivity contribution in [1.29, 1.82) is 0 Å². The number of carbonyl (C=O) groups is 2. The van der Waals surface area contributed by atoms with Crippen LogP contribution >= 0.6 is 22.7 Å². The van der Waals surface area contributed by atoms with E-state index >= 15 is 0 Å². The molecule has 2 aromatic rings. The number of thiazole rings is 2. The van der Waals surface area contributed by atoms with Gasteiger partial charge < -0.3 is 20.0 Å². The zero-order chi connectivity index (χ0) is 43.7. The molecule has 4 aliphatic heterocycles. The molecule has 6 heterocycles. The summed E-state index contributed by atoms with van der Waals surface area (Å²) in [7, 11) is 0. The molecule has 6 aliphatic rings. The minimum Gasteiger partial charge on any atom is -0.384 e. The maximum atomic E-state index is 13.6. The van der Waals surface area contributed by atoms with E-state index in [-0.39, 0.29) is 70.6 Å². The summed E-state index contributed by atoms with van der Waals surface area (Å²) in [6.45, 7) is 1.34. The number of Topliss-reactive ketones (excluding diaryl/α,β-unsaturated/α-hetero) is 2. The van der Waals surface area contributed by atoms with E-state index in [1.54, 1.807) is 9.80 Å². The molecule has 8 rings (SSSR count). The van der Waals surface area contributed by atoms with Crippen LogP contribution in [0.3, 0.4) is 0 Å². The fourth-order valence-corrected chi connectivity index (χ4v) is 10.4. The average molecular weight is 907 g/mol. The number of alkyl halides is 12. The molecule has 0 radical (unpaired) electrons.